The van der Waals surface area contributed by atoms with Crippen LogP contribution in [0, 0.1) is 19.8 Å². The van der Waals surface area contributed by atoms with Crippen molar-refractivity contribution in [2.24, 2.45) is 5.92 Å². The Morgan fingerprint density at radius 1 is 1.24 bits per heavy atom. The molecule has 1 aromatic carbocycles. The van der Waals surface area contributed by atoms with Crippen LogP contribution in [0.3, 0.4) is 0 Å². The molecular weight excluding hydrogens is 286 g/mol. The lowest BCUT2D eigenvalue weighted by molar-refractivity contribution is 0.0888. The highest BCUT2D eigenvalue weighted by molar-refractivity contribution is 7.89. The number of benzene rings is 1. The number of rotatable bonds is 5. The molecule has 1 saturated carbocycles. The molecule has 0 aliphatic heterocycles. The van der Waals surface area contributed by atoms with Gasteiger partial charge in [-0.05, 0) is 44.2 Å². The van der Waals surface area contributed by atoms with E-state index in [0.717, 1.165) is 36.8 Å². The van der Waals surface area contributed by atoms with Crippen molar-refractivity contribution in [1.82, 2.24) is 4.72 Å². The predicted octanol–water partition coefficient (Wildman–Crippen LogP) is 2.52. The van der Waals surface area contributed by atoms with E-state index < -0.39 is 16.1 Å². The van der Waals surface area contributed by atoms with Gasteiger partial charge in [0.05, 0.1) is 11.0 Å². The molecule has 1 unspecified atom stereocenters. The SMILES string of the molecule is Cc1ccc(S(=O)(=O)NCC(O)C2CCCCC2)c(C)c1. The van der Waals surface area contributed by atoms with Crippen molar-refractivity contribution in [1.29, 1.82) is 0 Å². The van der Waals surface area contributed by atoms with E-state index in [1.807, 2.05) is 13.0 Å². The Morgan fingerprint density at radius 3 is 2.52 bits per heavy atom. The smallest absolute Gasteiger partial charge is 0.240 e. The van der Waals surface area contributed by atoms with Crippen LogP contribution in [-0.4, -0.2) is 26.2 Å². The number of aliphatic hydroxyl groups excluding tert-OH is 1. The summed E-state index contributed by atoms with van der Waals surface area (Å²) in [5, 5.41) is 10.2. The van der Waals surface area contributed by atoms with E-state index in [9.17, 15) is 13.5 Å². The molecule has 21 heavy (non-hydrogen) atoms. The highest BCUT2D eigenvalue weighted by Gasteiger charge is 2.24. The van der Waals surface area contributed by atoms with Crippen molar-refractivity contribution in [2.75, 3.05) is 6.54 Å². The summed E-state index contributed by atoms with van der Waals surface area (Å²) in [6.07, 6.45) is 4.87. The largest absolute Gasteiger partial charge is 0.391 e. The maximum atomic E-state index is 12.3. The van der Waals surface area contributed by atoms with Crippen molar-refractivity contribution in [2.45, 2.75) is 57.0 Å². The van der Waals surface area contributed by atoms with Crippen LogP contribution in [0.1, 0.15) is 43.2 Å². The van der Waals surface area contributed by atoms with Crippen LogP contribution in [0.15, 0.2) is 23.1 Å². The molecule has 4 nitrogen and oxygen atoms in total. The van der Waals surface area contributed by atoms with E-state index >= 15 is 0 Å². The second-order valence-electron chi connectivity index (χ2n) is 6.09. The summed E-state index contributed by atoms with van der Waals surface area (Å²) in [4.78, 5) is 0.295. The third-order valence-corrected chi connectivity index (χ3v) is 5.88. The van der Waals surface area contributed by atoms with Crippen molar-refractivity contribution in [3.05, 3.63) is 29.3 Å². The van der Waals surface area contributed by atoms with Gasteiger partial charge in [0.25, 0.3) is 0 Å². The Morgan fingerprint density at radius 2 is 1.90 bits per heavy atom. The third-order valence-electron chi connectivity index (χ3n) is 4.30. The quantitative estimate of drug-likeness (QED) is 0.878. The van der Waals surface area contributed by atoms with Gasteiger partial charge in [0.15, 0.2) is 0 Å². The maximum absolute atomic E-state index is 12.3. The van der Waals surface area contributed by atoms with Gasteiger partial charge in [-0.2, -0.15) is 0 Å². The first-order chi connectivity index (χ1) is 9.90. The van der Waals surface area contributed by atoms with Gasteiger partial charge in [0.1, 0.15) is 0 Å². The van der Waals surface area contributed by atoms with Crippen molar-refractivity contribution in [3.8, 4) is 0 Å². The Bertz CT molecular complexity index is 577. The second kappa shape index (κ2) is 6.90. The van der Waals surface area contributed by atoms with E-state index in [0.29, 0.717) is 4.90 Å². The number of sulfonamides is 1. The second-order valence-corrected chi connectivity index (χ2v) is 7.82. The minimum atomic E-state index is -3.55. The van der Waals surface area contributed by atoms with Crippen LogP contribution >= 0.6 is 0 Å². The van der Waals surface area contributed by atoms with E-state index in [2.05, 4.69) is 4.72 Å². The van der Waals surface area contributed by atoms with Crippen LogP contribution in [0.5, 0.6) is 0 Å². The van der Waals surface area contributed by atoms with E-state index in [1.54, 1.807) is 19.1 Å². The lowest BCUT2D eigenvalue weighted by Gasteiger charge is -2.26. The van der Waals surface area contributed by atoms with Gasteiger partial charge in [-0.15, -0.1) is 0 Å². The Hall–Kier alpha value is -0.910. The van der Waals surface area contributed by atoms with Crippen molar-refractivity contribution < 1.29 is 13.5 Å². The predicted molar refractivity (Wildman–Crippen MR) is 83.7 cm³/mol. The number of nitrogens with one attached hydrogen (secondary N) is 1. The van der Waals surface area contributed by atoms with Crippen LogP contribution in [-0.2, 0) is 10.0 Å². The molecule has 1 aliphatic rings. The molecule has 5 heteroatoms. The van der Waals surface area contributed by atoms with Gasteiger partial charge >= 0.3 is 0 Å². The zero-order valence-corrected chi connectivity index (χ0v) is 13.6. The van der Waals surface area contributed by atoms with Crippen LogP contribution in [0.25, 0.3) is 0 Å². The molecule has 1 fully saturated rings. The summed E-state index contributed by atoms with van der Waals surface area (Å²) in [6, 6.07) is 5.27. The average molecular weight is 311 g/mol. The van der Waals surface area contributed by atoms with E-state index in [4.69, 9.17) is 0 Å². The van der Waals surface area contributed by atoms with Crippen LogP contribution < -0.4 is 4.72 Å². The van der Waals surface area contributed by atoms with Gasteiger partial charge in [-0.25, -0.2) is 13.1 Å². The fourth-order valence-corrected chi connectivity index (χ4v) is 4.33. The number of hydrogen-bond acceptors (Lipinski definition) is 3. The highest BCUT2D eigenvalue weighted by atomic mass is 32.2. The summed E-state index contributed by atoms with van der Waals surface area (Å²) in [6.45, 7) is 3.82. The molecular formula is C16H25NO3S. The normalized spacial score (nSPS) is 18.6. The summed E-state index contributed by atoms with van der Waals surface area (Å²) in [5.41, 5.74) is 1.77. The van der Waals surface area contributed by atoms with Gasteiger partial charge in [0, 0.05) is 6.54 Å². The Balaban J connectivity index is 2.00. The molecule has 0 radical (unpaired) electrons. The van der Waals surface area contributed by atoms with Crippen LogP contribution in [0.4, 0.5) is 0 Å². The van der Waals surface area contributed by atoms with Crippen LogP contribution in [0.2, 0.25) is 0 Å². The highest BCUT2D eigenvalue weighted by Crippen LogP contribution is 2.26. The third kappa shape index (κ3) is 4.28. The van der Waals surface area contributed by atoms with Gasteiger partial charge in [-0.1, -0.05) is 37.0 Å². The molecule has 1 aliphatic carbocycles. The molecule has 0 spiro atoms. The molecule has 0 saturated heterocycles. The molecule has 0 bridgehead atoms. The Labute approximate surface area is 127 Å². The topological polar surface area (TPSA) is 66.4 Å². The average Bonchev–Trinajstić information content (AvgIpc) is 2.45. The Kier molecular flexibility index (Phi) is 5.41. The molecule has 118 valence electrons. The summed E-state index contributed by atoms with van der Waals surface area (Å²) in [5.74, 6) is 0.223. The van der Waals surface area contributed by atoms with Gasteiger partial charge in [-0.3, -0.25) is 0 Å². The summed E-state index contributed by atoms with van der Waals surface area (Å²) >= 11 is 0. The van der Waals surface area contributed by atoms with Gasteiger partial charge in [0.2, 0.25) is 10.0 Å². The molecule has 2 rings (SSSR count). The van der Waals surface area contributed by atoms with Gasteiger partial charge < -0.3 is 5.11 Å². The zero-order valence-electron chi connectivity index (χ0n) is 12.8. The van der Waals surface area contributed by atoms with E-state index in [-0.39, 0.29) is 12.5 Å². The lowest BCUT2D eigenvalue weighted by atomic mass is 9.85. The minimum Gasteiger partial charge on any atom is -0.391 e. The molecule has 0 amide bonds. The number of aliphatic hydroxyl groups is 1. The molecule has 2 N–H and O–H groups in total. The van der Waals surface area contributed by atoms with E-state index in [1.165, 1.54) is 6.42 Å². The maximum Gasteiger partial charge on any atom is 0.240 e. The summed E-state index contributed by atoms with van der Waals surface area (Å²) in [7, 11) is -3.55. The summed E-state index contributed by atoms with van der Waals surface area (Å²) < 4.78 is 27.2. The lowest BCUT2D eigenvalue weighted by Crippen LogP contribution is -2.37. The fraction of sp³-hybridized carbons (Fsp3) is 0.625. The molecule has 1 aromatic rings. The molecule has 0 heterocycles. The first kappa shape index (κ1) is 16.5. The minimum absolute atomic E-state index is 0.0975. The first-order valence-electron chi connectivity index (χ1n) is 7.65. The molecule has 1 atom stereocenters. The number of hydrogen-bond donors (Lipinski definition) is 2. The monoisotopic (exact) mass is 311 g/mol. The van der Waals surface area contributed by atoms with Crippen molar-refractivity contribution in [3.63, 3.8) is 0 Å². The zero-order chi connectivity index (χ0) is 15.5. The number of aryl methyl sites for hydroxylation is 2. The fourth-order valence-electron chi connectivity index (χ4n) is 3.06. The molecule has 0 aromatic heterocycles. The first-order valence-corrected chi connectivity index (χ1v) is 9.13. The standard InChI is InChI=1S/C16H25NO3S/c1-12-8-9-16(13(2)10-12)21(19,20)17-11-15(18)14-6-4-3-5-7-14/h8-10,14-15,17-18H,3-7,11H2,1-2H3. The van der Waals surface area contributed by atoms with Crippen molar-refractivity contribution >= 4 is 10.0 Å².